The quantitative estimate of drug-likeness (QED) is 0.522. The van der Waals surface area contributed by atoms with Crippen molar-refractivity contribution < 1.29 is 14.3 Å². The first-order chi connectivity index (χ1) is 9.15. The molecule has 5 heteroatoms. The van der Waals surface area contributed by atoms with Gasteiger partial charge in [-0.15, -0.1) is 11.6 Å². The smallest absolute Gasteiger partial charge is 0.317 e. The molecule has 0 heterocycles. The van der Waals surface area contributed by atoms with Gasteiger partial charge >= 0.3 is 5.97 Å². The number of benzene rings is 1. The van der Waals surface area contributed by atoms with E-state index in [0.717, 1.165) is 5.56 Å². The van der Waals surface area contributed by atoms with E-state index >= 15 is 0 Å². The number of anilines is 1. The number of amides is 1. The van der Waals surface area contributed by atoms with E-state index in [4.69, 9.17) is 11.6 Å². The van der Waals surface area contributed by atoms with E-state index in [9.17, 15) is 9.59 Å². The van der Waals surface area contributed by atoms with Crippen molar-refractivity contribution in [2.75, 3.05) is 18.3 Å². The van der Waals surface area contributed by atoms with Gasteiger partial charge in [-0.3, -0.25) is 9.59 Å². The number of hydrogen-bond donors (Lipinski definition) is 1. The average Bonchev–Trinajstić information content (AvgIpc) is 2.41. The number of carbonyl (C=O) groups excluding carboxylic acids is 2. The number of halogens is 1. The van der Waals surface area contributed by atoms with E-state index in [1.165, 1.54) is 7.11 Å². The molecule has 100 valence electrons. The molecule has 0 aliphatic heterocycles. The average molecular weight is 280 g/mol. The van der Waals surface area contributed by atoms with Gasteiger partial charge in [-0.1, -0.05) is 11.8 Å². The van der Waals surface area contributed by atoms with Crippen LogP contribution in [0.1, 0.15) is 18.4 Å². The fourth-order valence-corrected chi connectivity index (χ4v) is 1.41. The van der Waals surface area contributed by atoms with Gasteiger partial charge in [0.15, 0.2) is 0 Å². The summed E-state index contributed by atoms with van der Waals surface area (Å²) in [4.78, 5) is 22.2. The van der Waals surface area contributed by atoms with E-state index < -0.39 is 0 Å². The molecular weight excluding hydrogens is 266 g/mol. The molecule has 0 atom stereocenters. The molecule has 1 N–H and O–H groups in total. The Labute approximate surface area is 117 Å². The molecule has 19 heavy (non-hydrogen) atoms. The Balaban J connectivity index is 2.56. The first kappa shape index (κ1) is 15.1. The van der Waals surface area contributed by atoms with Crippen LogP contribution in [0.15, 0.2) is 24.3 Å². The first-order valence-corrected chi connectivity index (χ1v) is 6.20. The summed E-state index contributed by atoms with van der Waals surface area (Å²) in [5.74, 6) is 5.34. The van der Waals surface area contributed by atoms with Crippen LogP contribution in [0.5, 0.6) is 0 Å². The van der Waals surface area contributed by atoms with E-state index in [1.54, 1.807) is 24.3 Å². The third kappa shape index (κ3) is 5.94. The third-order valence-electron chi connectivity index (χ3n) is 2.18. The van der Waals surface area contributed by atoms with Crippen LogP contribution in [-0.2, 0) is 14.3 Å². The molecule has 0 bridgehead atoms. The van der Waals surface area contributed by atoms with Gasteiger partial charge in [0.05, 0.1) is 7.11 Å². The standard InChI is InChI=1S/C14H14ClNO3/c1-19-14(18)4-2-3-11-5-7-12(8-6-11)16-13(17)9-10-15/h5-8H,4,9-10H2,1H3,(H,16,17). The normalized spacial score (nSPS) is 9.16. The van der Waals surface area contributed by atoms with Crippen LogP contribution >= 0.6 is 11.6 Å². The number of esters is 1. The Morgan fingerprint density at radius 2 is 2.00 bits per heavy atom. The van der Waals surface area contributed by atoms with Crippen molar-refractivity contribution in [2.45, 2.75) is 12.8 Å². The van der Waals surface area contributed by atoms with Crippen molar-refractivity contribution in [2.24, 2.45) is 0 Å². The molecule has 1 aromatic rings. The summed E-state index contributed by atoms with van der Waals surface area (Å²) in [5.41, 5.74) is 1.45. The minimum atomic E-state index is -0.363. The number of rotatable bonds is 4. The van der Waals surface area contributed by atoms with E-state index in [0.29, 0.717) is 11.6 Å². The molecule has 1 rings (SSSR count). The highest BCUT2D eigenvalue weighted by Crippen LogP contribution is 2.09. The van der Waals surface area contributed by atoms with Crippen molar-refractivity contribution in [1.29, 1.82) is 0 Å². The minimum Gasteiger partial charge on any atom is -0.468 e. The molecule has 1 amide bonds. The minimum absolute atomic E-state index is 0.0602. The molecule has 0 unspecified atom stereocenters. The maximum Gasteiger partial charge on any atom is 0.317 e. The van der Waals surface area contributed by atoms with Gasteiger partial charge < -0.3 is 10.1 Å². The number of methoxy groups -OCH3 is 1. The topological polar surface area (TPSA) is 55.4 Å². The Bertz CT molecular complexity index is 500. The summed E-state index contributed by atoms with van der Waals surface area (Å²) in [5, 5.41) is 2.71. The Morgan fingerprint density at radius 3 is 2.58 bits per heavy atom. The van der Waals surface area contributed by atoms with Gasteiger partial charge in [0.25, 0.3) is 0 Å². The maximum absolute atomic E-state index is 11.3. The van der Waals surface area contributed by atoms with Crippen molar-refractivity contribution >= 4 is 29.2 Å². The second-order valence-corrected chi connectivity index (χ2v) is 4.00. The predicted molar refractivity (Wildman–Crippen MR) is 73.9 cm³/mol. The molecule has 0 aromatic heterocycles. The van der Waals surface area contributed by atoms with Crippen molar-refractivity contribution in [1.82, 2.24) is 0 Å². The third-order valence-corrected chi connectivity index (χ3v) is 2.37. The SMILES string of the molecule is COC(=O)CC#Cc1ccc(NC(=O)CCCl)cc1. The number of carbonyl (C=O) groups is 2. The molecule has 0 saturated heterocycles. The van der Waals surface area contributed by atoms with Crippen LogP contribution in [0.3, 0.4) is 0 Å². The second-order valence-electron chi connectivity index (χ2n) is 3.62. The maximum atomic E-state index is 11.3. The van der Waals surface area contributed by atoms with Crippen LogP contribution in [0, 0.1) is 11.8 Å². The summed E-state index contributed by atoms with van der Waals surface area (Å²) in [6.45, 7) is 0. The van der Waals surface area contributed by atoms with E-state index in [-0.39, 0.29) is 24.7 Å². The number of alkyl halides is 1. The molecular formula is C14H14ClNO3. The number of hydrogen-bond acceptors (Lipinski definition) is 3. The van der Waals surface area contributed by atoms with Gasteiger partial charge in [-0.05, 0) is 24.3 Å². The summed E-state index contributed by atoms with van der Waals surface area (Å²) < 4.78 is 4.47. The highest BCUT2D eigenvalue weighted by Gasteiger charge is 2.00. The van der Waals surface area contributed by atoms with Crippen LogP contribution in [0.4, 0.5) is 5.69 Å². The zero-order chi connectivity index (χ0) is 14.1. The molecule has 0 radical (unpaired) electrons. The summed E-state index contributed by atoms with van der Waals surface area (Å²) in [6.07, 6.45) is 0.340. The fourth-order valence-electron chi connectivity index (χ4n) is 1.24. The van der Waals surface area contributed by atoms with Gasteiger partial charge in [-0.2, -0.15) is 0 Å². The lowest BCUT2D eigenvalue weighted by Gasteiger charge is -2.03. The highest BCUT2D eigenvalue weighted by molar-refractivity contribution is 6.19. The van der Waals surface area contributed by atoms with E-state index in [2.05, 4.69) is 21.9 Å². The Hall–Kier alpha value is -1.99. The molecule has 0 saturated carbocycles. The van der Waals surface area contributed by atoms with Gasteiger partial charge in [0, 0.05) is 23.6 Å². The fraction of sp³-hybridized carbons (Fsp3) is 0.286. The Kier molecular flexibility index (Phi) is 6.48. The van der Waals surface area contributed by atoms with Crippen molar-refractivity contribution in [3.8, 4) is 11.8 Å². The lowest BCUT2D eigenvalue weighted by Crippen LogP contribution is -2.11. The summed E-state index contributed by atoms with van der Waals surface area (Å²) >= 11 is 5.47. The first-order valence-electron chi connectivity index (χ1n) is 5.67. The van der Waals surface area contributed by atoms with E-state index in [1.807, 2.05) is 0 Å². The largest absolute Gasteiger partial charge is 0.468 e. The molecule has 0 aliphatic rings. The molecule has 0 fully saturated rings. The van der Waals surface area contributed by atoms with Crippen LogP contribution < -0.4 is 5.32 Å². The lowest BCUT2D eigenvalue weighted by molar-refractivity contribution is -0.139. The second kappa shape index (κ2) is 8.17. The van der Waals surface area contributed by atoms with Crippen LogP contribution in [0.2, 0.25) is 0 Å². The highest BCUT2D eigenvalue weighted by atomic mass is 35.5. The molecule has 0 aliphatic carbocycles. The summed E-state index contributed by atoms with van der Waals surface area (Å²) in [7, 11) is 1.32. The van der Waals surface area contributed by atoms with Crippen molar-refractivity contribution in [3.63, 3.8) is 0 Å². The van der Waals surface area contributed by atoms with Crippen molar-refractivity contribution in [3.05, 3.63) is 29.8 Å². The Morgan fingerprint density at radius 1 is 1.32 bits per heavy atom. The zero-order valence-corrected chi connectivity index (χ0v) is 11.3. The van der Waals surface area contributed by atoms with Crippen LogP contribution in [0.25, 0.3) is 0 Å². The van der Waals surface area contributed by atoms with Crippen LogP contribution in [-0.4, -0.2) is 24.9 Å². The predicted octanol–water partition coefficient (Wildman–Crippen LogP) is 2.17. The van der Waals surface area contributed by atoms with Gasteiger partial charge in [0.2, 0.25) is 5.91 Å². The summed E-state index contributed by atoms with van der Waals surface area (Å²) in [6, 6.07) is 7.02. The lowest BCUT2D eigenvalue weighted by atomic mass is 10.2. The molecule has 0 spiro atoms. The van der Waals surface area contributed by atoms with Gasteiger partial charge in [-0.25, -0.2) is 0 Å². The zero-order valence-electron chi connectivity index (χ0n) is 10.5. The molecule has 1 aromatic carbocycles. The number of ether oxygens (including phenoxy) is 1. The van der Waals surface area contributed by atoms with Gasteiger partial charge in [0.1, 0.15) is 6.42 Å². The number of nitrogens with one attached hydrogen (secondary N) is 1. The monoisotopic (exact) mass is 279 g/mol. The molecule has 4 nitrogen and oxygen atoms in total.